The van der Waals surface area contributed by atoms with Crippen LogP contribution in [0.25, 0.3) is 263 Å². The van der Waals surface area contributed by atoms with Crippen LogP contribution in [-0.2, 0) is 0 Å². The Bertz CT molecular complexity index is 8950. The second-order valence-electron chi connectivity index (χ2n) is 29.9. The van der Waals surface area contributed by atoms with Gasteiger partial charge in [-0.15, -0.1) is 34.0 Å². The van der Waals surface area contributed by atoms with E-state index >= 15 is 0 Å². The molecular weight excluding hydrogens is 1410 g/mol. The number of hydrogen-bond acceptors (Lipinski definition) is 6. The summed E-state index contributed by atoms with van der Waals surface area (Å²) < 4.78 is 35.2. The van der Waals surface area contributed by atoms with Gasteiger partial charge in [0.1, 0.15) is 33.5 Å². The van der Waals surface area contributed by atoms with Crippen LogP contribution in [0.4, 0.5) is 0 Å². The first-order valence-corrected chi connectivity index (χ1v) is 40.2. The molecule has 0 amide bonds. The van der Waals surface area contributed by atoms with Crippen LogP contribution in [-0.4, -0.2) is 13.7 Å². The summed E-state index contributed by atoms with van der Waals surface area (Å²) in [6.45, 7) is 0. The fourth-order valence-electron chi connectivity index (χ4n) is 19.8. The van der Waals surface area contributed by atoms with Crippen LogP contribution in [0.5, 0.6) is 0 Å². The lowest BCUT2D eigenvalue weighted by molar-refractivity contribution is 0.668. The topological polar surface area (TPSA) is 54.2 Å². The van der Waals surface area contributed by atoms with Gasteiger partial charge in [-0.25, -0.2) is 0 Å². The summed E-state index contributed by atoms with van der Waals surface area (Å²) >= 11 is 5.69. The normalized spacial score (nSPS) is 12.7. The minimum Gasteiger partial charge on any atom is -0.456 e. The molecule has 0 spiro atoms. The zero-order valence-electron chi connectivity index (χ0n) is 58.9. The summed E-state index contributed by atoms with van der Waals surface area (Å²) in [7, 11) is 0. The Kier molecular flexibility index (Phi) is 11.5. The molecule has 9 aromatic heterocycles. The highest BCUT2D eigenvalue weighted by Gasteiger charge is 2.29. The molecule has 9 heterocycles. The molecule has 0 N–H and O–H groups in total. The molecule has 0 saturated carbocycles. The van der Waals surface area contributed by atoms with Gasteiger partial charge < -0.3 is 27.0 Å². The van der Waals surface area contributed by atoms with Gasteiger partial charge >= 0.3 is 0 Å². The number of furan rings is 3. The fraction of sp³-hybridized carbons (Fsp3) is 0. The molecule has 0 bridgehead atoms. The van der Waals surface area contributed by atoms with Crippen LogP contribution in [0.15, 0.2) is 335 Å². The van der Waals surface area contributed by atoms with Crippen molar-refractivity contribution in [2.45, 2.75) is 0 Å². The fourth-order valence-corrected chi connectivity index (χ4v) is 23.5. The number of aromatic nitrogens is 3. The SMILES string of the molecule is c1ccc2c(c1)oc1cc(-n3c4ccc5c(-c6ccc7sc8c(c7c6)c6ccccc6c6c8c7cccc(-c8ccc9sc%10c(c9c8)c8ccccc8c8c9ccccc9n(-c9ccc%11c(c9)oc9ccccc9%11)c%108)c7n6-c6ccc7c(c6)oc6ccccc67)cccc5c4c4ccc5c6ccccc6sc5c43)ccc12. The van der Waals surface area contributed by atoms with Crippen LogP contribution in [0.3, 0.4) is 0 Å². The molecule has 0 aliphatic rings. The van der Waals surface area contributed by atoms with Crippen LogP contribution in [0.1, 0.15) is 0 Å². The summed E-state index contributed by atoms with van der Waals surface area (Å²) in [5.41, 5.74) is 20.2. The summed E-state index contributed by atoms with van der Waals surface area (Å²) in [5, 5.41) is 29.0. The van der Waals surface area contributed by atoms with E-state index in [4.69, 9.17) is 13.3 Å². The maximum absolute atomic E-state index is 6.82. The molecule has 27 rings (SSSR count). The third kappa shape index (κ3) is 7.83. The van der Waals surface area contributed by atoms with Crippen molar-refractivity contribution in [3.8, 4) is 39.3 Å². The van der Waals surface area contributed by atoms with E-state index in [9.17, 15) is 0 Å². The van der Waals surface area contributed by atoms with E-state index in [1.165, 1.54) is 153 Å². The van der Waals surface area contributed by atoms with Gasteiger partial charge in [-0.1, -0.05) is 206 Å². The third-order valence-corrected chi connectivity index (χ3v) is 27.9. The van der Waals surface area contributed by atoms with E-state index in [1.54, 1.807) is 0 Å². The largest absolute Gasteiger partial charge is 0.456 e. The van der Waals surface area contributed by atoms with Crippen molar-refractivity contribution < 1.29 is 13.3 Å². The van der Waals surface area contributed by atoms with Gasteiger partial charge in [-0.05, 0) is 141 Å². The lowest BCUT2D eigenvalue weighted by Gasteiger charge is -2.14. The van der Waals surface area contributed by atoms with Crippen molar-refractivity contribution in [1.82, 2.24) is 13.7 Å². The summed E-state index contributed by atoms with van der Waals surface area (Å²) in [6.07, 6.45) is 0. The van der Waals surface area contributed by atoms with Crippen molar-refractivity contribution in [1.29, 1.82) is 0 Å². The molecule has 512 valence electrons. The van der Waals surface area contributed by atoms with Crippen molar-refractivity contribution in [2.75, 3.05) is 0 Å². The van der Waals surface area contributed by atoms with Gasteiger partial charge in [-0.2, -0.15) is 0 Å². The van der Waals surface area contributed by atoms with Crippen LogP contribution in [0.2, 0.25) is 0 Å². The highest BCUT2D eigenvalue weighted by molar-refractivity contribution is 7.28. The first-order valence-electron chi connectivity index (χ1n) is 37.8. The molecule has 0 aliphatic heterocycles. The zero-order chi connectivity index (χ0) is 71.7. The third-order valence-electron chi connectivity index (χ3n) is 24.4. The minimum atomic E-state index is 0.856. The Morgan fingerprint density at radius 3 is 1.26 bits per heavy atom. The van der Waals surface area contributed by atoms with Crippen molar-refractivity contribution in [3.05, 3.63) is 322 Å². The Morgan fingerprint density at radius 2 is 0.613 bits per heavy atom. The Balaban J connectivity index is 0.689. The van der Waals surface area contributed by atoms with Crippen molar-refractivity contribution in [2.24, 2.45) is 0 Å². The maximum Gasteiger partial charge on any atom is 0.137 e. The van der Waals surface area contributed by atoms with Crippen LogP contribution < -0.4 is 0 Å². The number of para-hydroxylation sites is 5. The highest BCUT2D eigenvalue weighted by Crippen LogP contribution is 2.55. The molecular formula is C102H53N3O3S3. The molecule has 0 radical (unpaired) electrons. The molecule has 0 atom stereocenters. The standard InChI is InChI=1S/C102H53N3O3S3/c1-2-22-71-70(21-1)92-75-25-5-10-30-80(75)103(56-37-40-65-62-17-6-11-31-82(62)106-85(65)51-56)99(92)102-94(71)79-50-55(36-48-90(79)111-102)60-27-16-29-76-95-97(105(96(60)76)58-39-42-67-64-19-8-13-33-84(64)108-87(67)53-58)73-24-4-3-23-72(73)93-78-49-54(35-47-89(78)110-101(93)95)59-26-15-28-69-61(59)45-46-81-91(69)77-44-43-74-68-20-9-14-34-88(68)109-100(74)98(77)104(81)57-38-41-66-63-18-7-12-32-83(63)107-86(66)52-57/h1-53H. The van der Waals surface area contributed by atoms with Gasteiger partial charge in [-0.3, -0.25) is 0 Å². The van der Waals surface area contributed by atoms with Crippen LogP contribution in [0, 0.1) is 0 Å². The molecule has 9 heteroatoms. The molecule has 111 heavy (non-hydrogen) atoms. The molecule has 0 unspecified atom stereocenters. The van der Waals surface area contributed by atoms with Gasteiger partial charge in [0.05, 0.1) is 42.5 Å². The van der Waals surface area contributed by atoms with Crippen molar-refractivity contribution in [3.63, 3.8) is 0 Å². The van der Waals surface area contributed by atoms with Gasteiger partial charge in [0.15, 0.2) is 0 Å². The number of rotatable bonds is 5. The minimum absolute atomic E-state index is 0.856. The zero-order valence-corrected chi connectivity index (χ0v) is 61.3. The molecule has 0 aliphatic carbocycles. The summed E-state index contributed by atoms with van der Waals surface area (Å²) in [4.78, 5) is 0. The monoisotopic (exact) mass is 1460 g/mol. The van der Waals surface area contributed by atoms with E-state index in [1.807, 2.05) is 40.1 Å². The first-order chi connectivity index (χ1) is 55.0. The number of nitrogens with zero attached hydrogens (tertiary/aromatic N) is 3. The van der Waals surface area contributed by atoms with E-state index in [0.717, 1.165) is 111 Å². The molecule has 0 fully saturated rings. The van der Waals surface area contributed by atoms with E-state index in [2.05, 4.69) is 329 Å². The summed E-state index contributed by atoms with van der Waals surface area (Å²) in [5.74, 6) is 0. The predicted octanol–water partition coefficient (Wildman–Crippen LogP) is 30.6. The lowest BCUT2D eigenvalue weighted by atomic mass is 9.93. The van der Waals surface area contributed by atoms with Gasteiger partial charge in [0.25, 0.3) is 0 Å². The predicted molar refractivity (Wildman–Crippen MR) is 473 cm³/mol. The van der Waals surface area contributed by atoms with Gasteiger partial charge in [0, 0.05) is 162 Å². The average Bonchev–Trinajstić information content (AvgIpc) is 1.54. The number of benzene rings is 18. The number of thiophene rings is 3. The average molecular weight is 1460 g/mol. The quantitative estimate of drug-likeness (QED) is 0.173. The van der Waals surface area contributed by atoms with E-state index in [-0.39, 0.29) is 0 Å². The Morgan fingerprint density at radius 1 is 0.189 bits per heavy atom. The second-order valence-corrected chi connectivity index (χ2v) is 33.1. The van der Waals surface area contributed by atoms with E-state index in [0.29, 0.717) is 0 Å². The number of hydrogen-bond donors (Lipinski definition) is 0. The second kappa shape index (κ2) is 21.5. The maximum atomic E-state index is 6.82. The summed E-state index contributed by atoms with van der Waals surface area (Å²) in [6, 6.07) is 120. The lowest BCUT2D eigenvalue weighted by Crippen LogP contribution is -1.96. The molecule has 27 aromatic rings. The number of fused-ring (bicyclic) bond motifs is 38. The molecule has 6 nitrogen and oxygen atoms in total. The molecule has 18 aromatic carbocycles. The highest BCUT2D eigenvalue weighted by atomic mass is 32.1. The molecule has 0 saturated heterocycles. The Hall–Kier alpha value is -13.8. The first kappa shape index (κ1) is 59.3. The van der Waals surface area contributed by atoms with Crippen molar-refractivity contribution >= 4 is 258 Å². The smallest absolute Gasteiger partial charge is 0.137 e. The van der Waals surface area contributed by atoms with Gasteiger partial charge in [0.2, 0.25) is 0 Å². The van der Waals surface area contributed by atoms with Crippen LogP contribution >= 0.6 is 34.0 Å². The van der Waals surface area contributed by atoms with E-state index < -0.39 is 0 Å². The Labute approximate surface area is 641 Å².